The number of rotatable bonds is 2. The van der Waals surface area contributed by atoms with Gasteiger partial charge in [0.2, 0.25) is 0 Å². The molecule has 0 bridgehead atoms. The van der Waals surface area contributed by atoms with Crippen molar-refractivity contribution in [2.75, 3.05) is 5.32 Å². The SMILES string of the molecule is O=C(Nc1cccc(Cl)c1Cl)NC1CCC(C(F)(F)F)CC1. The van der Waals surface area contributed by atoms with Gasteiger partial charge in [-0.3, -0.25) is 0 Å². The van der Waals surface area contributed by atoms with Gasteiger partial charge in [-0.25, -0.2) is 4.79 Å². The highest BCUT2D eigenvalue weighted by Crippen LogP contribution is 2.37. The van der Waals surface area contributed by atoms with Crippen LogP contribution in [-0.4, -0.2) is 18.2 Å². The second-order valence-corrected chi connectivity index (χ2v) is 6.08. The first-order valence-corrected chi connectivity index (χ1v) is 7.61. The monoisotopic (exact) mass is 354 g/mol. The van der Waals surface area contributed by atoms with Gasteiger partial charge in [-0.2, -0.15) is 13.2 Å². The van der Waals surface area contributed by atoms with E-state index in [9.17, 15) is 18.0 Å². The van der Waals surface area contributed by atoms with E-state index in [1.54, 1.807) is 18.2 Å². The van der Waals surface area contributed by atoms with Gasteiger partial charge >= 0.3 is 12.2 Å². The number of hydrogen-bond donors (Lipinski definition) is 2. The Morgan fingerprint density at radius 2 is 1.77 bits per heavy atom. The predicted molar refractivity (Wildman–Crippen MR) is 80.4 cm³/mol. The van der Waals surface area contributed by atoms with Gasteiger partial charge in [0, 0.05) is 6.04 Å². The first-order chi connectivity index (χ1) is 10.3. The van der Waals surface area contributed by atoms with Gasteiger partial charge in [-0.05, 0) is 37.8 Å². The molecule has 0 aromatic heterocycles. The minimum atomic E-state index is -4.15. The van der Waals surface area contributed by atoms with Crippen LogP contribution in [0.3, 0.4) is 0 Å². The second kappa shape index (κ2) is 6.96. The van der Waals surface area contributed by atoms with E-state index in [2.05, 4.69) is 10.6 Å². The van der Waals surface area contributed by atoms with Crippen molar-refractivity contribution in [3.05, 3.63) is 28.2 Å². The number of alkyl halides is 3. The second-order valence-electron chi connectivity index (χ2n) is 5.29. The molecular weight excluding hydrogens is 340 g/mol. The fraction of sp³-hybridized carbons (Fsp3) is 0.500. The highest BCUT2D eigenvalue weighted by Gasteiger charge is 2.41. The van der Waals surface area contributed by atoms with E-state index in [-0.39, 0.29) is 23.9 Å². The standard InChI is InChI=1S/C14H15Cl2F3N2O/c15-10-2-1-3-11(12(10)16)21-13(22)20-9-6-4-8(5-7-9)14(17,18)19/h1-3,8-9H,4-7H2,(H2,20,21,22). The summed E-state index contributed by atoms with van der Waals surface area (Å²) < 4.78 is 37.7. The van der Waals surface area contributed by atoms with Crippen LogP contribution in [-0.2, 0) is 0 Å². The van der Waals surface area contributed by atoms with Crippen molar-refractivity contribution in [2.24, 2.45) is 5.92 Å². The summed E-state index contributed by atoms with van der Waals surface area (Å²) in [6, 6.07) is 4.05. The van der Waals surface area contributed by atoms with Crippen molar-refractivity contribution in [1.82, 2.24) is 5.32 Å². The van der Waals surface area contributed by atoms with Crippen LogP contribution < -0.4 is 10.6 Å². The maximum atomic E-state index is 12.6. The summed E-state index contributed by atoms with van der Waals surface area (Å²) in [5, 5.41) is 5.75. The average molecular weight is 355 g/mol. The number of anilines is 1. The quantitative estimate of drug-likeness (QED) is 0.749. The Balaban J connectivity index is 1.85. The fourth-order valence-corrected chi connectivity index (χ4v) is 2.86. The number of amides is 2. The normalized spacial score (nSPS) is 22.2. The molecule has 2 N–H and O–H groups in total. The van der Waals surface area contributed by atoms with E-state index in [1.165, 1.54) is 0 Å². The third kappa shape index (κ3) is 4.43. The predicted octanol–water partition coefficient (Wildman–Crippen LogP) is 5.24. The van der Waals surface area contributed by atoms with Crippen LogP contribution in [0.15, 0.2) is 18.2 Å². The van der Waals surface area contributed by atoms with E-state index < -0.39 is 18.1 Å². The summed E-state index contributed by atoms with van der Waals surface area (Å²) in [6.45, 7) is 0. The van der Waals surface area contributed by atoms with Gasteiger partial charge in [0.15, 0.2) is 0 Å². The molecule has 0 spiro atoms. The van der Waals surface area contributed by atoms with Crippen molar-refractivity contribution in [3.8, 4) is 0 Å². The molecule has 0 heterocycles. The first kappa shape index (κ1) is 17.2. The third-order valence-electron chi connectivity index (χ3n) is 3.73. The molecule has 1 fully saturated rings. The van der Waals surface area contributed by atoms with E-state index >= 15 is 0 Å². The number of carbonyl (C=O) groups is 1. The zero-order valence-electron chi connectivity index (χ0n) is 11.5. The van der Waals surface area contributed by atoms with E-state index in [0.717, 1.165) is 0 Å². The number of nitrogens with one attached hydrogen (secondary N) is 2. The van der Waals surface area contributed by atoms with Gasteiger partial charge in [-0.15, -0.1) is 0 Å². The molecule has 2 amide bonds. The van der Waals surface area contributed by atoms with Crippen molar-refractivity contribution in [3.63, 3.8) is 0 Å². The molecule has 3 nitrogen and oxygen atoms in total. The molecule has 122 valence electrons. The average Bonchev–Trinajstić information content (AvgIpc) is 2.43. The van der Waals surface area contributed by atoms with Crippen LogP contribution in [0.25, 0.3) is 0 Å². The molecule has 1 aliphatic carbocycles. The molecule has 1 aromatic carbocycles. The highest BCUT2D eigenvalue weighted by atomic mass is 35.5. The van der Waals surface area contributed by atoms with Crippen LogP contribution in [0.1, 0.15) is 25.7 Å². The van der Waals surface area contributed by atoms with Crippen LogP contribution in [0.4, 0.5) is 23.7 Å². The minimum Gasteiger partial charge on any atom is -0.335 e. The van der Waals surface area contributed by atoms with Gasteiger partial charge in [-0.1, -0.05) is 29.3 Å². The Kier molecular flexibility index (Phi) is 5.45. The fourth-order valence-electron chi connectivity index (χ4n) is 2.51. The maximum absolute atomic E-state index is 12.6. The Morgan fingerprint density at radius 3 is 2.36 bits per heavy atom. The summed E-state index contributed by atoms with van der Waals surface area (Å²) in [5.74, 6) is -1.27. The van der Waals surface area contributed by atoms with Crippen molar-refractivity contribution in [2.45, 2.75) is 37.9 Å². The topological polar surface area (TPSA) is 41.1 Å². The number of carbonyl (C=O) groups excluding carboxylic acids is 1. The van der Waals surface area contributed by atoms with Crippen molar-refractivity contribution >= 4 is 34.9 Å². The van der Waals surface area contributed by atoms with Crippen LogP contribution in [0.5, 0.6) is 0 Å². The molecule has 0 saturated heterocycles. The molecule has 0 aliphatic heterocycles. The lowest BCUT2D eigenvalue weighted by atomic mass is 9.86. The zero-order valence-corrected chi connectivity index (χ0v) is 13.0. The molecule has 1 saturated carbocycles. The number of urea groups is 1. The number of benzene rings is 1. The van der Waals surface area contributed by atoms with Crippen molar-refractivity contribution in [1.29, 1.82) is 0 Å². The molecule has 1 aromatic rings. The lowest BCUT2D eigenvalue weighted by Gasteiger charge is -2.30. The third-order valence-corrected chi connectivity index (χ3v) is 4.54. The van der Waals surface area contributed by atoms with Gasteiger partial charge in [0.1, 0.15) is 0 Å². The molecule has 1 aliphatic rings. The Hall–Kier alpha value is -1.14. The molecule has 0 atom stereocenters. The number of hydrogen-bond acceptors (Lipinski definition) is 1. The summed E-state index contributed by atoms with van der Waals surface area (Å²) in [6.07, 6.45) is -3.47. The first-order valence-electron chi connectivity index (χ1n) is 6.85. The molecule has 0 radical (unpaired) electrons. The summed E-state index contributed by atoms with van der Waals surface area (Å²) in [4.78, 5) is 11.9. The lowest BCUT2D eigenvalue weighted by molar-refractivity contribution is -0.182. The van der Waals surface area contributed by atoms with Crippen LogP contribution in [0.2, 0.25) is 10.0 Å². The van der Waals surface area contributed by atoms with Gasteiger partial charge in [0.05, 0.1) is 21.7 Å². The minimum absolute atomic E-state index is 0.0341. The highest BCUT2D eigenvalue weighted by molar-refractivity contribution is 6.43. The summed E-state index contributed by atoms with van der Waals surface area (Å²) >= 11 is 11.8. The largest absolute Gasteiger partial charge is 0.391 e. The lowest BCUT2D eigenvalue weighted by Crippen LogP contribution is -2.41. The molecular formula is C14H15Cl2F3N2O. The van der Waals surface area contributed by atoms with E-state index in [0.29, 0.717) is 23.6 Å². The van der Waals surface area contributed by atoms with Gasteiger partial charge in [0.25, 0.3) is 0 Å². The van der Waals surface area contributed by atoms with E-state index in [1.807, 2.05) is 0 Å². The molecule has 2 rings (SSSR count). The van der Waals surface area contributed by atoms with Crippen LogP contribution >= 0.6 is 23.2 Å². The molecule has 0 unspecified atom stereocenters. The molecule has 8 heteroatoms. The summed E-state index contributed by atoms with van der Waals surface area (Å²) in [5.41, 5.74) is 0.357. The summed E-state index contributed by atoms with van der Waals surface area (Å²) in [7, 11) is 0. The zero-order chi connectivity index (χ0) is 16.3. The Bertz CT molecular complexity index is 543. The smallest absolute Gasteiger partial charge is 0.335 e. The van der Waals surface area contributed by atoms with Crippen molar-refractivity contribution < 1.29 is 18.0 Å². The Morgan fingerprint density at radius 1 is 1.14 bits per heavy atom. The maximum Gasteiger partial charge on any atom is 0.391 e. The number of halogens is 5. The van der Waals surface area contributed by atoms with Crippen LogP contribution in [0, 0.1) is 5.92 Å². The molecule has 22 heavy (non-hydrogen) atoms. The Labute approximate surface area is 136 Å². The van der Waals surface area contributed by atoms with Gasteiger partial charge < -0.3 is 10.6 Å². The van der Waals surface area contributed by atoms with E-state index in [4.69, 9.17) is 23.2 Å².